The standard InChI is InChI=1S/C28H49N5O5/c1-16(2)18-14-15-33(25(37)22(27(3,4)5)31-26(38)32-28(6,7)8)20(18)24(36)30-19(21(34)23(29)35)13-12-17-10-9-11-17/h16-20,22H,9-15H2,1-8H3,(H2,29,35)(H,30,36)(H2,31,32,38)/t18-,19-,20+,22-/m1/s1. The molecule has 1 saturated carbocycles. The van der Waals surface area contributed by atoms with Gasteiger partial charge in [-0.2, -0.15) is 0 Å². The van der Waals surface area contributed by atoms with Crippen molar-refractivity contribution in [3.63, 3.8) is 0 Å². The number of likely N-dealkylation sites (tertiary alicyclic amines) is 1. The maximum Gasteiger partial charge on any atom is 0.315 e. The topological polar surface area (TPSA) is 151 Å². The van der Waals surface area contributed by atoms with Crippen molar-refractivity contribution in [2.45, 2.75) is 118 Å². The van der Waals surface area contributed by atoms with Crippen molar-refractivity contribution < 1.29 is 24.0 Å². The van der Waals surface area contributed by atoms with Crippen molar-refractivity contribution in [2.75, 3.05) is 6.54 Å². The highest BCUT2D eigenvalue weighted by atomic mass is 16.2. The van der Waals surface area contributed by atoms with E-state index in [9.17, 15) is 24.0 Å². The molecule has 2 rings (SSSR count). The molecule has 2 fully saturated rings. The number of urea groups is 1. The lowest BCUT2D eigenvalue weighted by Gasteiger charge is -2.37. The van der Waals surface area contributed by atoms with Crippen LogP contribution in [-0.4, -0.2) is 64.6 Å². The van der Waals surface area contributed by atoms with Crippen LogP contribution in [-0.2, 0) is 19.2 Å². The Kier molecular flexibility index (Phi) is 10.4. The van der Waals surface area contributed by atoms with Gasteiger partial charge in [-0.05, 0) is 63.2 Å². The zero-order chi connectivity index (χ0) is 29.0. The van der Waals surface area contributed by atoms with Crippen LogP contribution >= 0.6 is 0 Å². The van der Waals surface area contributed by atoms with E-state index >= 15 is 0 Å². The summed E-state index contributed by atoms with van der Waals surface area (Å²) in [5, 5.41) is 8.43. The Morgan fingerprint density at radius 2 is 1.55 bits per heavy atom. The third-order valence-electron chi connectivity index (χ3n) is 7.69. The number of ketones is 1. The molecule has 1 aliphatic carbocycles. The molecule has 0 radical (unpaired) electrons. The molecule has 38 heavy (non-hydrogen) atoms. The molecule has 0 aromatic carbocycles. The van der Waals surface area contributed by atoms with Gasteiger partial charge >= 0.3 is 6.03 Å². The van der Waals surface area contributed by atoms with Crippen molar-refractivity contribution in [2.24, 2.45) is 28.9 Å². The van der Waals surface area contributed by atoms with Crippen LogP contribution in [0.3, 0.4) is 0 Å². The van der Waals surface area contributed by atoms with E-state index in [1.54, 1.807) is 0 Å². The summed E-state index contributed by atoms with van der Waals surface area (Å²) in [6, 6.07) is -3.19. The average Bonchev–Trinajstić information content (AvgIpc) is 3.18. The summed E-state index contributed by atoms with van der Waals surface area (Å²) in [5.74, 6) is -2.27. The lowest BCUT2D eigenvalue weighted by Crippen LogP contribution is -2.61. The van der Waals surface area contributed by atoms with E-state index in [0.717, 1.165) is 25.7 Å². The third kappa shape index (κ3) is 8.43. The number of nitrogens with two attached hydrogens (primary N) is 1. The Morgan fingerprint density at radius 3 is 2.00 bits per heavy atom. The van der Waals surface area contributed by atoms with Crippen LogP contribution in [0, 0.1) is 23.2 Å². The van der Waals surface area contributed by atoms with E-state index < -0.39 is 52.7 Å². The van der Waals surface area contributed by atoms with Gasteiger partial charge in [0.25, 0.3) is 5.91 Å². The number of carbonyl (C=O) groups is 5. The van der Waals surface area contributed by atoms with Gasteiger partial charge < -0.3 is 26.6 Å². The number of hydrogen-bond acceptors (Lipinski definition) is 5. The number of nitrogens with one attached hydrogen (secondary N) is 3. The zero-order valence-corrected chi connectivity index (χ0v) is 24.5. The highest BCUT2D eigenvalue weighted by molar-refractivity contribution is 6.37. The van der Waals surface area contributed by atoms with E-state index in [4.69, 9.17) is 5.73 Å². The minimum absolute atomic E-state index is 0.0917. The van der Waals surface area contributed by atoms with Crippen molar-refractivity contribution in [3.05, 3.63) is 0 Å². The largest absolute Gasteiger partial charge is 0.363 e. The van der Waals surface area contributed by atoms with Crippen molar-refractivity contribution in [1.82, 2.24) is 20.9 Å². The molecule has 1 saturated heterocycles. The Labute approximate surface area is 227 Å². The molecule has 2 aliphatic rings. The molecule has 0 aromatic rings. The first kappa shape index (κ1) is 31.6. The first-order chi connectivity index (χ1) is 17.4. The van der Waals surface area contributed by atoms with Crippen LogP contribution in [0.2, 0.25) is 0 Å². The zero-order valence-electron chi connectivity index (χ0n) is 24.5. The molecular formula is C28H49N5O5. The number of rotatable bonds is 10. The van der Waals surface area contributed by atoms with Gasteiger partial charge in [-0.1, -0.05) is 53.9 Å². The molecule has 4 atom stereocenters. The summed E-state index contributed by atoms with van der Waals surface area (Å²) in [5.41, 5.74) is 4.18. The fourth-order valence-electron chi connectivity index (χ4n) is 5.30. The molecule has 5 N–H and O–H groups in total. The first-order valence-electron chi connectivity index (χ1n) is 14.0. The summed E-state index contributed by atoms with van der Waals surface area (Å²) in [4.78, 5) is 66.2. The Bertz CT molecular complexity index is 900. The van der Waals surface area contributed by atoms with Crippen molar-refractivity contribution in [3.8, 4) is 0 Å². The smallest absolute Gasteiger partial charge is 0.315 e. The molecule has 10 nitrogen and oxygen atoms in total. The normalized spacial score (nSPS) is 21.9. The average molecular weight is 536 g/mol. The predicted molar refractivity (Wildman–Crippen MR) is 146 cm³/mol. The number of amides is 5. The van der Waals surface area contributed by atoms with Crippen LogP contribution < -0.4 is 21.7 Å². The number of primary amides is 1. The maximum absolute atomic E-state index is 13.9. The highest BCUT2D eigenvalue weighted by Gasteiger charge is 2.47. The second-order valence-electron chi connectivity index (χ2n) is 13.5. The van der Waals surface area contributed by atoms with Gasteiger partial charge in [0.15, 0.2) is 0 Å². The van der Waals surface area contributed by atoms with Gasteiger partial charge in [0.1, 0.15) is 12.1 Å². The van der Waals surface area contributed by atoms with Gasteiger partial charge in [-0.15, -0.1) is 0 Å². The monoisotopic (exact) mass is 535 g/mol. The van der Waals surface area contributed by atoms with Gasteiger partial charge in [0.2, 0.25) is 17.6 Å². The summed E-state index contributed by atoms with van der Waals surface area (Å²) >= 11 is 0. The Morgan fingerprint density at radius 1 is 0.947 bits per heavy atom. The second-order valence-corrected chi connectivity index (χ2v) is 13.5. The third-order valence-corrected chi connectivity index (χ3v) is 7.69. The summed E-state index contributed by atoms with van der Waals surface area (Å²) < 4.78 is 0. The fourth-order valence-corrected chi connectivity index (χ4v) is 5.30. The second kappa shape index (κ2) is 12.5. The van der Waals surface area contributed by atoms with Crippen LogP contribution in [0.5, 0.6) is 0 Å². The molecule has 10 heteroatoms. The van der Waals surface area contributed by atoms with Gasteiger partial charge in [-0.25, -0.2) is 4.79 Å². The van der Waals surface area contributed by atoms with E-state index in [1.807, 2.05) is 55.4 Å². The Hall–Kier alpha value is -2.65. The van der Waals surface area contributed by atoms with E-state index in [1.165, 1.54) is 4.90 Å². The first-order valence-corrected chi connectivity index (χ1v) is 14.0. The minimum Gasteiger partial charge on any atom is -0.363 e. The summed E-state index contributed by atoms with van der Waals surface area (Å²) in [7, 11) is 0. The Balaban J connectivity index is 2.29. The molecule has 1 aliphatic heterocycles. The molecule has 216 valence electrons. The van der Waals surface area contributed by atoms with E-state index in [-0.39, 0.29) is 17.7 Å². The van der Waals surface area contributed by atoms with Crippen LogP contribution in [0.4, 0.5) is 4.79 Å². The molecule has 0 bridgehead atoms. The van der Waals surface area contributed by atoms with Gasteiger partial charge in [-0.3, -0.25) is 19.2 Å². The van der Waals surface area contributed by atoms with E-state index in [0.29, 0.717) is 25.3 Å². The SMILES string of the molecule is CC(C)[C@H]1CCN(C(=O)[C@@H](NC(=O)NC(C)(C)C)C(C)(C)C)[C@@H]1C(=O)N[C@H](CCC1CCC1)C(=O)C(N)=O. The molecule has 0 aromatic heterocycles. The van der Waals surface area contributed by atoms with Crippen LogP contribution in [0.25, 0.3) is 0 Å². The molecule has 1 heterocycles. The highest BCUT2D eigenvalue weighted by Crippen LogP contribution is 2.34. The van der Waals surface area contributed by atoms with Crippen molar-refractivity contribution in [1.29, 1.82) is 0 Å². The summed E-state index contributed by atoms with van der Waals surface area (Å²) in [6.45, 7) is 15.5. The molecule has 5 amide bonds. The lowest BCUT2D eigenvalue weighted by atomic mass is 9.81. The number of Topliss-reactive ketones (excluding diaryl/α,β-unsaturated/α-hetero) is 1. The lowest BCUT2D eigenvalue weighted by molar-refractivity contribution is -0.144. The van der Waals surface area contributed by atoms with Gasteiger partial charge in [0.05, 0.1) is 6.04 Å². The minimum atomic E-state index is -1.08. The summed E-state index contributed by atoms with van der Waals surface area (Å²) in [6.07, 6.45) is 4.99. The number of nitrogens with zero attached hydrogens (tertiary/aromatic N) is 1. The van der Waals surface area contributed by atoms with Crippen LogP contribution in [0.1, 0.15) is 93.9 Å². The van der Waals surface area contributed by atoms with Crippen molar-refractivity contribution >= 4 is 29.5 Å². The molecule has 0 unspecified atom stereocenters. The number of carbonyl (C=O) groups excluding carboxylic acids is 5. The molecule has 0 spiro atoms. The van der Waals surface area contributed by atoms with Gasteiger partial charge in [0, 0.05) is 12.1 Å². The predicted octanol–water partition coefficient (Wildman–Crippen LogP) is 2.49. The number of hydrogen-bond donors (Lipinski definition) is 4. The maximum atomic E-state index is 13.9. The molecular weight excluding hydrogens is 486 g/mol. The van der Waals surface area contributed by atoms with Crippen LogP contribution in [0.15, 0.2) is 0 Å². The van der Waals surface area contributed by atoms with E-state index in [2.05, 4.69) is 16.0 Å². The quantitative estimate of drug-likeness (QED) is 0.317. The fraction of sp³-hybridized carbons (Fsp3) is 0.821.